The van der Waals surface area contributed by atoms with E-state index in [2.05, 4.69) is 10.1 Å². The first-order valence-corrected chi connectivity index (χ1v) is 5.89. The normalized spacial score (nSPS) is 17.5. The molecule has 0 saturated carbocycles. The zero-order valence-corrected chi connectivity index (χ0v) is 11.1. The minimum absolute atomic E-state index is 0.0191. The van der Waals surface area contributed by atoms with Crippen LogP contribution >= 0.6 is 0 Å². The van der Waals surface area contributed by atoms with Gasteiger partial charge in [0.2, 0.25) is 5.91 Å². The van der Waals surface area contributed by atoms with Crippen LogP contribution in [0.1, 0.15) is 6.92 Å². The van der Waals surface area contributed by atoms with Gasteiger partial charge in [-0.15, -0.1) is 0 Å². The molecule has 19 heavy (non-hydrogen) atoms. The molecule has 1 heterocycles. The number of nitrogens with zero attached hydrogens (tertiary/aromatic N) is 1. The van der Waals surface area contributed by atoms with Gasteiger partial charge in [-0.2, -0.15) is 0 Å². The molecule has 0 saturated heterocycles. The zero-order chi connectivity index (χ0) is 14.0. The van der Waals surface area contributed by atoms with Gasteiger partial charge in [0.15, 0.2) is 0 Å². The molecule has 1 unspecified atom stereocenters. The third-order valence-corrected chi connectivity index (χ3v) is 3.15. The lowest BCUT2D eigenvalue weighted by atomic mass is 10.1. The molecule has 102 valence electrons. The molecule has 1 atom stereocenters. The molecule has 1 amide bonds. The van der Waals surface area contributed by atoms with Gasteiger partial charge in [0, 0.05) is 6.07 Å². The van der Waals surface area contributed by atoms with E-state index in [0.29, 0.717) is 11.4 Å². The van der Waals surface area contributed by atoms with Gasteiger partial charge in [0.05, 0.1) is 25.6 Å². The highest BCUT2D eigenvalue weighted by atomic mass is 16.5. The quantitative estimate of drug-likeness (QED) is 0.825. The van der Waals surface area contributed by atoms with Crippen molar-refractivity contribution < 1.29 is 19.1 Å². The van der Waals surface area contributed by atoms with Crippen LogP contribution in [-0.2, 0) is 14.3 Å². The minimum atomic E-state index is -0.446. The molecule has 0 radical (unpaired) electrons. The standard InChI is InChI=1S/C13H16N2O4/c1-8-13(17)14-10-5-4-9(18-2)6-11(10)15(8)7-12(16)19-3/h4-6,8H,7H2,1-3H3,(H,14,17). The summed E-state index contributed by atoms with van der Waals surface area (Å²) in [5.41, 5.74) is 1.41. The Morgan fingerprint density at radius 1 is 1.42 bits per heavy atom. The summed E-state index contributed by atoms with van der Waals surface area (Å²) in [4.78, 5) is 25.0. The summed E-state index contributed by atoms with van der Waals surface area (Å²) in [5, 5.41) is 2.79. The molecule has 6 heteroatoms. The molecule has 1 N–H and O–H groups in total. The Morgan fingerprint density at radius 2 is 2.16 bits per heavy atom. The van der Waals surface area contributed by atoms with Crippen LogP contribution in [0.5, 0.6) is 5.75 Å². The van der Waals surface area contributed by atoms with E-state index in [4.69, 9.17) is 4.74 Å². The summed E-state index contributed by atoms with van der Waals surface area (Å²) in [6, 6.07) is 4.85. The second-order valence-corrected chi connectivity index (χ2v) is 4.25. The van der Waals surface area contributed by atoms with Crippen molar-refractivity contribution in [3.8, 4) is 5.75 Å². The van der Waals surface area contributed by atoms with Gasteiger partial charge >= 0.3 is 5.97 Å². The van der Waals surface area contributed by atoms with E-state index in [1.54, 1.807) is 37.1 Å². The van der Waals surface area contributed by atoms with E-state index in [1.165, 1.54) is 7.11 Å². The zero-order valence-electron chi connectivity index (χ0n) is 11.1. The summed E-state index contributed by atoms with van der Waals surface area (Å²) >= 11 is 0. The van der Waals surface area contributed by atoms with E-state index >= 15 is 0 Å². The van der Waals surface area contributed by atoms with Gasteiger partial charge in [-0.05, 0) is 19.1 Å². The number of esters is 1. The molecule has 1 aromatic rings. The van der Waals surface area contributed by atoms with Crippen molar-refractivity contribution >= 4 is 23.3 Å². The number of carbonyl (C=O) groups excluding carboxylic acids is 2. The molecule has 1 aliphatic rings. The van der Waals surface area contributed by atoms with E-state index < -0.39 is 12.0 Å². The average molecular weight is 264 g/mol. The second-order valence-electron chi connectivity index (χ2n) is 4.25. The van der Waals surface area contributed by atoms with Crippen LogP contribution in [0.25, 0.3) is 0 Å². The van der Waals surface area contributed by atoms with Gasteiger partial charge in [0.25, 0.3) is 0 Å². The van der Waals surface area contributed by atoms with Crippen LogP contribution in [0.3, 0.4) is 0 Å². The van der Waals surface area contributed by atoms with E-state index in [9.17, 15) is 9.59 Å². The molecule has 1 aliphatic heterocycles. The summed E-state index contributed by atoms with van der Waals surface area (Å²) < 4.78 is 9.83. The minimum Gasteiger partial charge on any atom is -0.497 e. The topological polar surface area (TPSA) is 67.9 Å². The molecule has 0 aromatic heterocycles. The van der Waals surface area contributed by atoms with Crippen molar-refractivity contribution in [2.24, 2.45) is 0 Å². The molecular formula is C13H16N2O4. The second kappa shape index (κ2) is 5.17. The lowest BCUT2D eigenvalue weighted by molar-refractivity contribution is -0.139. The Morgan fingerprint density at radius 3 is 2.79 bits per heavy atom. The van der Waals surface area contributed by atoms with E-state index in [0.717, 1.165) is 5.69 Å². The van der Waals surface area contributed by atoms with Crippen LogP contribution in [0.2, 0.25) is 0 Å². The average Bonchev–Trinajstić information content (AvgIpc) is 2.43. The third-order valence-electron chi connectivity index (χ3n) is 3.15. The Bertz CT molecular complexity index is 515. The largest absolute Gasteiger partial charge is 0.497 e. The Balaban J connectivity index is 2.41. The number of hydrogen-bond acceptors (Lipinski definition) is 5. The number of benzene rings is 1. The number of anilines is 2. The number of methoxy groups -OCH3 is 2. The molecular weight excluding hydrogens is 248 g/mol. The van der Waals surface area contributed by atoms with Gasteiger partial charge in [-0.25, -0.2) is 0 Å². The number of fused-ring (bicyclic) bond motifs is 1. The van der Waals surface area contributed by atoms with Gasteiger partial charge < -0.3 is 19.7 Å². The van der Waals surface area contributed by atoms with Crippen molar-refractivity contribution in [1.82, 2.24) is 0 Å². The van der Waals surface area contributed by atoms with Crippen LogP contribution in [-0.4, -0.2) is 38.7 Å². The predicted octanol–water partition coefficient (Wildman–Crippen LogP) is 1.02. The highest BCUT2D eigenvalue weighted by molar-refractivity contribution is 6.04. The van der Waals surface area contributed by atoms with Gasteiger partial charge in [-0.1, -0.05) is 0 Å². The number of hydrogen-bond donors (Lipinski definition) is 1. The maximum atomic E-state index is 11.9. The smallest absolute Gasteiger partial charge is 0.325 e. The fourth-order valence-electron chi connectivity index (χ4n) is 1.99. The highest BCUT2D eigenvalue weighted by Crippen LogP contribution is 2.35. The van der Waals surface area contributed by atoms with Crippen LogP contribution in [0.4, 0.5) is 11.4 Å². The molecule has 0 bridgehead atoms. The van der Waals surface area contributed by atoms with E-state index in [-0.39, 0.29) is 12.5 Å². The molecule has 2 rings (SSSR count). The van der Waals surface area contributed by atoms with Crippen molar-refractivity contribution in [3.63, 3.8) is 0 Å². The Kier molecular flexibility index (Phi) is 3.59. The SMILES string of the molecule is COC(=O)CN1c2cc(OC)ccc2NC(=O)C1C. The predicted molar refractivity (Wildman–Crippen MR) is 70.4 cm³/mol. The first-order valence-electron chi connectivity index (χ1n) is 5.89. The number of rotatable bonds is 3. The summed E-state index contributed by atoms with van der Waals surface area (Å²) in [7, 11) is 2.89. The summed E-state index contributed by atoms with van der Waals surface area (Å²) in [5.74, 6) is 0.119. The number of nitrogens with one attached hydrogen (secondary N) is 1. The lowest BCUT2D eigenvalue weighted by Crippen LogP contribution is -2.48. The maximum Gasteiger partial charge on any atom is 0.325 e. The molecule has 0 spiro atoms. The van der Waals surface area contributed by atoms with Gasteiger partial charge in [0.1, 0.15) is 18.3 Å². The van der Waals surface area contributed by atoms with Crippen LogP contribution in [0, 0.1) is 0 Å². The monoisotopic (exact) mass is 264 g/mol. The molecule has 0 aliphatic carbocycles. The molecule has 6 nitrogen and oxygen atoms in total. The maximum absolute atomic E-state index is 11.9. The number of amides is 1. The number of carbonyl (C=O) groups is 2. The fourth-order valence-corrected chi connectivity index (χ4v) is 1.99. The molecule has 1 aromatic carbocycles. The highest BCUT2D eigenvalue weighted by Gasteiger charge is 2.31. The van der Waals surface area contributed by atoms with Gasteiger partial charge in [-0.3, -0.25) is 9.59 Å². The van der Waals surface area contributed by atoms with Crippen LogP contribution < -0.4 is 15.0 Å². The summed E-state index contributed by atoms with van der Waals surface area (Å²) in [6.45, 7) is 1.76. The van der Waals surface area contributed by atoms with Crippen molar-refractivity contribution in [3.05, 3.63) is 18.2 Å². The first kappa shape index (κ1) is 13.2. The van der Waals surface area contributed by atoms with E-state index in [1.807, 2.05) is 0 Å². The third kappa shape index (κ3) is 2.47. The lowest BCUT2D eigenvalue weighted by Gasteiger charge is -2.35. The molecule has 0 fully saturated rings. The Labute approximate surface area is 111 Å². The van der Waals surface area contributed by atoms with Crippen molar-refractivity contribution in [2.45, 2.75) is 13.0 Å². The van der Waals surface area contributed by atoms with Crippen molar-refractivity contribution in [1.29, 1.82) is 0 Å². The fraction of sp³-hybridized carbons (Fsp3) is 0.385. The summed E-state index contributed by atoms with van der Waals surface area (Å²) in [6.07, 6.45) is 0. The van der Waals surface area contributed by atoms with Crippen molar-refractivity contribution in [2.75, 3.05) is 31.0 Å². The van der Waals surface area contributed by atoms with Crippen LogP contribution in [0.15, 0.2) is 18.2 Å². The number of ether oxygens (including phenoxy) is 2. The first-order chi connectivity index (χ1) is 9.06. The Hall–Kier alpha value is -2.24.